The second kappa shape index (κ2) is 7.56. The molecule has 0 saturated heterocycles. The number of aromatic nitrogens is 3. The van der Waals surface area contributed by atoms with E-state index in [-0.39, 0.29) is 5.91 Å². The monoisotopic (exact) mass is 370 g/mol. The molecule has 2 aromatic heterocycles. The number of nitrogens with one attached hydrogen (secondary N) is 1. The molecule has 28 heavy (non-hydrogen) atoms. The van der Waals surface area contributed by atoms with Gasteiger partial charge < -0.3 is 9.88 Å². The van der Waals surface area contributed by atoms with E-state index in [1.54, 1.807) is 10.9 Å². The van der Waals surface area contributed by atoms with E-state index < -0.39 is 0 Å². The molecule has 4 aromatic rings. The minimum Gasteiger partial charge on any atom is -0.348 e. The van der Waals surface area contributed by atoms with Crippen molar-refractivity contribution in [2.24, 2.45) is 0 Å². The summed E-state index contributed by atoms with van der Waals surface area (Å²) < 4.78 is 3.91. The van der Waals surface area contributed by atoms with E-state index in [4.69, 9.17) is 0 Å². The molecule has 4 rings (SSSR count). The molecule has 140 valence electrons. The number of nitrogens with zero attached hydrogens (tertiary/aromatic N) is 3. The van der Waals surface area contributed by atoms with E-state index in [2.05, 4.69) is 15.0 Å². The van der Waals surface area contributed by atoms with Crippen LogP contribution in [0.4, 0.5) is 0 Å². The van der Waals surface area contributed by atoms with Gasteiger partial charge in [0.2, 0.25) is 0 Å². The zero-order chi connectivity index (χ0) is 19.5. The average molecular weight is 370 g/mol. The predicted octanol–water partition coefficient (Wildman–Crippen LogP) is 4.21. The minimum absolute atomic E-state index is 0.0635. The molecule has 0 bridgehead atoms. The van der Waals surface area contributed by atoms with Gasteiger partial charge in [0.15, 0.2) is 0 Å². The first-order valence-electron chi connectivity index (χ1n) is 9.25. The molecule has 5 heteroatoms. The molecule has 0 aliphatic heterocycles. The van der Waals surface area contributed by atoms with Crippen molar-refractivity contribution in [1.82, 2.24) is 19.7 Å². The van der Waals surface area contributed by atoms with Crippen molar-refractivity contribution in [1.29, 1.82) is 0 Å². The Kier molecular flexibility index (Phi) is 4.81. The van der Waals surface area contributed by atoms with Gasteiger partial charge in [-0.3, -0.25) is 4.79 Å². The second-order valence-corrected chi connectivity index (χ2v) is 6.76. The number of para-hydroxylation sites is 1. The van der Waals surface area contributed by atoms with Crippen LogP contribution in [-0.4, -0.2) is 20.3 Å². The summed E-state index contributed by atoms with van der Waals surface area (Å²) in [6, 6.07) is 21.9. The number of benzene rings is 2. The number of carbonyl (C=O) groups is 1. The van der Waals surface area contributed by atoms with Crippen LogP contribution in [0.1, 0.15) is 27.3 Å². The van der Waals surface area contributed by atoms with Gasteiger partial charge in [-0.2, -0.15) is 5.10 Å². The number of rotatable bonds is 5. The van der Waals surface area contributed by atoms with E-state index in [0.717, 1.165) is 28.3 Å². The molecule has 0 fully saturated rings. The van der Waals surface area contributed by atoms with E-state index in [9.17, 15) is 4.79 Å². The Morgan fingerprint density at radius 1 is 0.964 bits per heavy atom. The third kappa shape index (κ3) is 3.47. The summed E-state index contributed by atoms with van der Waals surface area (Å²) in [5.41, 5.74) is 5.78. The van der Waals surface area contributed by atoms with Gasteiger partial charge in [0.1, 0.15) is 0 Å². The van der Waals surface area contributed by atoms with Crippen molar-refractivity contribution in [2.75, 3.05) is 0 Å². The standard InChI is InChI=1S/C23H22N4O/c1-17-15-22(18(2)27(17)21-7-4-3-5-8-21)23(28)24-16-19-9-11-20(12-10-19)26-14-6-13-25-26/h3-15H,16H2,1-2H3,(H,24,28). The fourth-order valence-electron chi connectivity index (χ4n) is 3.43. The van der Waals surface area contributed by atoms with Crippen molar-refractivity contribution in [3.05, 3.63) is 102 Å². The van der Waals surface area contributed by atoms with Gasteiger partial charge in [0.05, 0.1) is 11.3 Å². The number of hydrogen-bond acceptors (Lipinski definition) is 2. The van der Waals surface area contributed by atoms with E-state index >= 15 is 0 Å². The Morgan fingerprint density at radius 3 is 2.39 bits per heavy atom. The van der Waals surface area contributed by atoms with E-state index in [0.29, 0.717) is 12.1 Å². The largest absolute Gasteiger partial charge is 0.348 e. The van der Waals surface area contributed by atoms with Gasteiger partial charge in [-0.15, -0.1) is 0 Å². The van der Waals surface area contributed by atoms with Crippen LogP contribution >= 0.6 is 0 Å². The summed E-state index contributed by atoms with van der Waals surface area (Å²) in [4.78, 5) is 12.8. The van der Waals surface area contributed by atoms with Crippen LogP contribution in [0.3, 0.4) is 0 Å². The molecule has 0 saturated carbocycles. The lowest BCUT2D eigenvalue weighted by atomic mass is 10.2. The smallest absolute Gasteiger partial charge is 0.253 e. The summed E-state index contributed by atoms with van der Waals surface area (Å²) in [6.45, 7) is 4.48. The number of aryl methyl sites for hydroxylation is 1. The molecule has 1 N–H and O–H groups in total. The third-order valence-corrected chi connectivity index (χ3v) is 4.85. The maximum Gasteiger partial charge on any atom is 0.253 e. The molecule has 0 aliphatic carbocycles. The zero-order valence-corrected chi connectivity index (χ0v) is 16.0. The lowest BCUT2D eigenvalue weighted by molar-refractivity contribution is 0.0950. The fourth-order valence-corrected chi connectivity index (χ4v) is 3.43. The van der Waals surface area contributed by atoms with Crippen molar-refractivity contribution in [3.8, 4) is 11.4 Å². The average Bonchev–Trinajstić information content (AvgIpc) is 3.35. The normalized spacial score (nSPS) is 10.8. The third-order valence-electron chi connectivity index (χ3n) is 4.85. The van der Waals surface area contributed by atoms with Gasteiger partial charge >= 0.3 is 0 Å². The fraction of sp³-hybridized carbons (Fsp3) is 0.130. The molecule has 5 nitrogen and oxygen atoms in total. The Bertz CT molecular complexity index is 1080. The van der Waals surface area contributed by atoms with Crippen molar-refractivity contribution < 1.29 is 4.79 Å². The minimum atomic E-state index is -0.0635. The zero-order valence-electron chi connectivity index (χ0n) is 16.0. The predicted molar refractivity (Wildman–Crippen MR) is 110 cm³/mol. The summed E-state index contributed by atoms with van der Waals surface area (Å²) in [5, 5.41) is 7.25. The number of amides is 1. The summed E-state index contributed by atoms with van der Waals surface area (Å²) in [6.07, 6.45) is 3.65. The first-order chi connectivity index (χ1) is 13.6. The van der Waals surface area contributed by atoms with E-state index in [1.807, 2.05) is 86.8 Å². The maximum atomic E-state index is 12.8. The van der Waals surface area contributed by atoms with Crippen LogP contribution in [0.5, 0.6) is 0 Å². The number of carbonyl (C=O) groups excluding carboxylic acids is 1. The van der Waals surface area contributed by atoms with Crippen LogP contribution in [-0.2, 0) is 6.54 Å². The molecule has 2 aromatic carbocycles. The molecule has 0 aliphatic rings. The second-order valence-electron chi connectivity index (χ2n) is 6.76. The summed E-state index contributed by atoms with van der Waals surface area (Å²) in [7, 11) is 0. The van der Waals surface area contributed by atoms with Gasteiger partial charge in [-0.25, -0.2) is 4.68 Å². The van der Waals surface area contributed by atoms with Crippen molar-refractivity contribution >= 4 is 5.91 Å². The molecule has 2 heterocycles. The Labute approximate surface area is 164 Å². The Balaban J connectivity index is 1.47. The van der Waals surface area contributed by atoms with Crippen molar-refractivity contribution in [2.45, 2.75) is 20.4 Å². The quantitative estimate of drug-likeness (QED) is 0.572. The molecule has 1 amide bonds. The first kappa shape index (κ1) is 17.8. The Morgan fingerprint density at radius 2 is 1.71 bits per heavy atom. The first-order valence-corrected chi connectivity index (χ1v) is 9.25. The van der Waals surface area contributed by atoms with Gasteiger partial charge in [0.25, 0.3) is 5.91 Å². The molecule has 0 atom stereocenters. The van der Waals surface area contributed by atoms with Crippen LogP contribution in [0.25, 0.3) is 11.4 Å². The number of hydrogen-bond donors (Lipinski definition) is 1. The highest BCUT2D eigenvalue weighted by atomic mass is 16.1. The Hall–Kier alpha value is -3.60. The summed E-state index contributed by atoms with van der Waals surface area (Å²) >= 11 is 0. The lowest BCUT2D eigenvalue weighted by Crippen LogP contribution is -2.23. The van der Waals surface area contributed by atoms with Crippen LogP contribution in [0.2, 0.25) is 0 Å². The van der Waals surface area contributed by atoms with Crippen LogP contribution in [0, 0.1) is 13.8 Å². The van der Waals surface area contributed by atoms with Gasteiger partial charge in [-0.05, 0) is 55.8 Å². The highest BCUT2D eigenvalue weighted by Gasteiger charge is 2.16. The SMILES string of the molecule is Cc1cc(C(=O)NCc2ccc(-n3cccn3)cc2)c(C)n1-c1ccccc1. The van der Waals surface area contributed by atoms with Gasteiger partial charge in [-0.1, -0.05) is 30.3 Å². The van der Waals surface area contributed by atoms with Crippen LogP contribution < -0.4 is 5.32 Å². The molecule has 0 radical (unpaired) electrons. The van der Waals surface area contributed by atoms with Gasteiger partial charge in [0, 0.05) is 36.0 Å². The lowest BCUT2D eigenvalue weighted by Gasteiger charge is -2.10. The van der Waals surface area contributed by atoms with Crippen molar-refractivity contribution in [3.63, 3.8) is 0 Å². The maximum absolute atomic E-state index is 12.8. The molecule has 0 spiro atoms. The molecule has 0 unspecified atom stereocenters. The molecular formula is C23H22N4O. The molecular weight excluding hydrogens is 348 g/mol. The van der Waals surface area contributed by atoms with Crippen LogP contribution in [0.15, 0.2) is 79.1 Å². The highest BCUT2D eigenvalue weighted by Crippen LogP contribution is 2.20. The highest BCUT2D eigenvalue weighted by molar-refractivity contribution is 5.95. The van der Waals surface area contributed by atoms with E-state index in [1.165, 1.54) is 0 Å². The topological polar surface area (TPSA) is 51.9 Å². The summed E-state index contributed by atoms with van der Waals surface area (Å²) in [5.74, 6) is -0.0635.